The fourth-order valence-electron chi connectivity index (χ4n) is 1.21. The molecule has 1 aromatic heterocycles. The SMILES string of the molecule is Brc1cccc(NCCSc2ncn[nH]2)c1. The first-order valence-corrected chi connectivity index (χ1v) is 6.60. The Kier molecular flexibility index (Phi) is 4.24. The lowest BCUT2D eigenvalue weighted by atomic mass is 10.3. The van der Waals surface area contributed by atoms with Gasteiger partial charge in [0.25, 0.3) is 0 Å². The first kappa shape index (κ1) is 11.5. The highest BCUT2D eigenvalue weighted by atomic mass is 79.9. The van der Waals surface area contributed by atoms with Crippen molar-refractivity contribution in [3.8, 4) is 0 Å². The molecule has 0 aliphatic carbocycles. The summed E-state index contributed by atoms with van der Waals surface area (Å²) in [5.74, 6) is 0.946. The second kappa shape index (κ2) is 5.91. The quantitative estimate of drug-likeness (QED) is 0.658. The molecule has 0 unspecified atom stereocenters. The molecule has 0 radical (unpaired) electrons. The molecule has 0 atom stereocenters. The Bertz CT molecular complexity index is 432. The Hall–Kier alpha value is -1.01. The molecule has 0 spiro atoms. The molecule has 2 aromatic rings. The van der Waals surface area contributed by atoms with Crippen LogP contribution in [0.4, 0.5) is 5.69 Å². The van der Waals surface area contributed by atoms with Gasteiger partial charge in [-0.1, -0.05) is 33.8 Å². The largest absolute Gasteiger partial charge is 0.384 e. The van der Waals surface area contributed by atoms with Gasteiger partial charge in [-0.05, 0) is 18.2 Å². The van der Waals surface area contributed by atoms with E-state index in [0.717, 1.165) is 27.6 Å². The fourth-order valence-corrected chi connectivity index (χ4v) is 2.24. The van der Waals surface area contributed by atoms with Gasteiger partial charge in [0.05, 0.1) is 0 Å². The number of benzene rings is 1. The van der Waals surface area contributed by atoms with Crippen LogP contribution in [0.15, 0.2) is 40.2 Å². The molecule has 0 aliphatic rings. The van der Waals surface area contributed by atoms with Gasteiger partial charge >= 0.3 is 0 Å². The molecular weight excluding hydrogens is 288 g/mol. The summed E-state index contributed by atoms with van der Waals surface area (Å²) < 4.78 is 1.08. The number of anilines is 1. The smallest absolute Gasteiger partial charge is 0.183 e. The van der Waals surface area contributed by atoms with Gasteiger partial charge in [-0.15, -0.1) is 0 Å². The van der Waals surface area contributed by atoms with Crippen molar-refractivity contribution in [3.05, 3.63) is 35.1 Å². The zero-order valence-electron chi connectivity index (χ0n) is 8.48. The van der Waals surface area contributed by atoms with Crippen LogP contribution in [-0.2, 0) is 0 Å². The van der Waals surface area contributed by atoms with Crippen LogP contribution in [0.25, 0.3) is 0 Å². The lowest BCUT2D eigenvalue weighted by Gasteiger charge is -2.05. The summed E-state index contributed by atoms with van der Waals surface area (Å²) in [6.45, 7) is 0.891. The number of nitrogens with one attached hydrogen (secondary N) is 2. The van der Waals surface area contributed by atoms with E-state index in [9.17, 15) is 0 Å². The van der Waals surface area contributed by atoms with Gasteiger partial charge in [0.15, 0.2) is 5.16 Å². The van der Waals surface area contributed by atoms with Crippen molar-refractivity contribution < 1.29 is 0 Å². The topological polar surface area (TPSA) is 53.6 Å². The highest BCUT2D eigenvalue weighted by molar-refractivity contribution is 9.10. The van der Waals surface area contributed by atoms with Crippen LogP contribution in [0.2, 0.25) is 0 Å². The maximum Gasteiger partial charge on any atom is 0.183 e. The van der Waals surface area contributed by atoms with Gasteiger partial charge in [-0.25, -0.2) is 4.98 Å². The minimum absolute atomic E-state index is 0.857. The van der Waals surface area contributed by atoms with Crippen molar-refractivity contribution in [2.75, 3.05) is 17.6 Å². The van der Waals surface area contributed by atoms with E-state index in [1.807, 2.05) is 18.2 Å². The highest BCUT2D eigenvalue weighted by Crippen LogP contribution is 2.16. The maximum absolute atomic E-state index is 4.04. The minimum atomic E-state index is 0.857. The van der Waals surface area contributed by atoms with E-state index in [1.54, 1.807) is 11.8 Å². The van der Waals surface area contributed by atoms with E-state index in [2.05, 4.69) is 42.5 Å². The molecule has 0 amide bonds. The summed E-state index contributed by atoms with van der Waals surface area (Å²) in [4.78, 5) is 4.04. The van der Waals surface area contributed by atoms with E-state index < -0.39 is 0 Å². The van der Waals surface area contributed by atoms with E-state index in [0.29, 0.717) is 0 Å². The Morgan fingerprint density at radius 3 is 3.12 bits per heavy atom. The number of rotatable bonds is 5. The Morgan fingerprint density at radius 2 is 2.38 bits per heavy atom. The molecule has 2 rings (SSSR count). The molecule has 4 nitrogen and oxygen atoms in total. The van der Waals surface area contributed by atoms with Crippen LogP contribution in [0, 0.1) is 0 Å². The maximum atomic E-state index is 4.04. The third kappa shape index (κ3) is 3.53. The van der Waals surface area contributed by atoms with Crippen molar-refractivity contribution in [3.63, 3.8) is 0 Å². The number of aromatic nitrogens is 3. The van der Waals surface area contributed by atoms with Crippen LogP contribution < -0.4 is 5.32 Å². The molecule has 0 saturated heterocycles. The third-order valence-corrected chi connectivity index (χ3v) is 3.26. The number of aromatic amines is 1. The molecule has 1 heterocycles. The van der Waals surface area contributed by atoms with Gasteiger partial charge in [0.1, 0.15) is 6.33 Å². The molecule has 16 heavy (non-hydrogen) atoms. The van der Waals surface area contributed by atoms with Crippen molar-refractivity contribution in [2.24, 2.45) is 0 Å². The Balaban J connectivity index is 1.72. The van der Waals surface area contributed by atoms with Gasteiger partial charge in [-0.2, -0.15) is 5.10 Å². The predicted octanol–water partition coefficient (Wildman–Crippen LogP) is 2.77. The first-order valence-electron chi connectivity index (χ1n) is 4.82. The summed E-state index contributed by atoms with van der Waals surface area (Å²) >= 11 is 5.08. The number of halogens is 1. The van der Waals surface area contributed by atoms with Crippen molar-refractivity contribution >= 4 is 33.4 Å². The van der Waals surface area contributed by atoms with Crippen molar-refractivity contribution in [1.82, 2.24) is 15.2 Å². The standard InChI is InChI=1S/C10H11BrN4S/c11-8-2-1-3-9(6-8)12-4-5-16-10-13-7-14-15-10/h1-3,6-7,12H,4-5H2,(H,13,14,15). The van der Waals surface area contributed by atoms with Gasteiger partial charge in [0, 0.05) is 22.5 Å². The third-order valence-electron chi connectivity index (χ3n) is 1.89. The van der Waals surface area contributed by atoms with Gasteiger partial charge in [-0.3, -0.25) is 5.10 Å². The number of nitrogens with zero attached hydrogens (tertiary/aromatic N) is 2. The van der Waals surface area contributed by atoms with Crippen LogP contribution >= 0.6 is 27.7 Å². The second-order valence-corrected chi connectivity index (χ2v) is 5.08. The van der Waals surface area contributed by atoms with E-state index in [1.165, 1.54) is 6.33 Å². The zero-order valence-corrected chi connectivity index (χ0v) is 10.9. The number of hydrogen-bond donors (Lipinski definition) is 2. The number of thioether (sulfide) groups is 1. The number of H-pyrrole nitrogens is 1. The fraction of sp³-hybridized carbons (Fsp3) is 0.200. The summed E-state index contributed by atoms with van der Waals surface area (Å²) in [6, 6.07) is 8.12. The molecule has 0 bridgehead atoms. The molecule has 0 fully saturated rings. The number of hydrogen-bond acceptors (Lipinski definition) is 4. The summed E-state index contributed by atoms with van der Waals surface area (Å²) in [5, 5.41) is 10.8. The normalized spacial score (nSPS) is 10.3. The second-order valence-electron chi connectivity index (χ2n) is 3.08. The summed E-state index contributed by atoms with van der Waals surface area (Å²) in [6.07, 6.45) is 1.52. The summed E-state index contributed by atoms with van der Waals surface area (Å²) in [5.41, 5.74) is 1.12. The van der Waals surface area contributed by atoms with E-state index >= 15 is 0 Å². The van der Waals surface area contributed by atoms with Crippen LogP contribution in [0.3, 0.4) is 0 Å². The zero-order chi connectivity index (χ0) is 11.2. The predicted molar refractivity (Wildman–Crippen MR) is 69.7 cm³/mol. The lowest BCUT2D eigenvalue weighted by molar-refractivity contribution is 0.972. The van der Waals surface area contributed by atoms with Crippen LogP contribution in [0.5, 0.6) is 0 Å². The van der Waals surface area contributed by atoms with Crippen molar-refractivity contribution in [1.29, 1.82) is 0 Å². The van der Waals surface area contributed by atoms with Crippen LogP contribution in [0.1, 0.15) is 0 Å². The highest BCUT2D eigenvalue weighted by Gasteiger charge is 1.96. The lowest BCUT2D eigenvalue weighted by Crippen LogP contribution is -2.03. The first-order chi connectivity index (χ1) is 7.84. The monoisotopic (exact) mass is 298 g/mol. The van der Waals surface area contributed by atoms with E-state index in [-0.39, 0.29) is 0 Å². The molecule has 6 heteroatoms. The van der Waals surface area contributed by atoms with E-state index in [4.69, 9.17) is 0 Å². The Morgan fingerprint density at radius 1 is 1.44 bits per heavy atom. The molecule has 84 valence electrons. The Labute approximate surface area is 106 Å². The van der Waals surface area contributed by atoms with Gasteiger partial charge in [0.2, 0.25) is 0 Å². The molecule has 0 saturated carbocycles. The average Bonchev–Trinajstić information content (AvgIpc) is 2.77. The molecule has 0 aliphatic heterocycles. The van der Waals surface area contributed by atoms with Gasteiger partial charge < -0.3 is 5.32 Å². The minimum Gasteiger partial charge on any atom is -0.384 e. The molecule has 1 aromatic carbocycles. The average molecular weight is 299 g/mol. The van der Waals surface area contributed by atoms with Crippen molar-refractivity contribution in [2.45, 2.75) is 5.16 Å². The summed E-state index contributed by atoms with van der Waals surface area (Å²) in [7, 11) is 0. The van der Waals surface area contributed by atoms with Crippen LogP contribution in [-0.4, -0.2) is 27.5 Å². The molecular formula is C10H11BrN4S. The molecule has 2 N–H and O–H groups in total.